The van der Waals surface area contributed by atoms with Gasteiger partial charge in [-0.1, -0.05) is 0 Å². The van der Waals surface area contributed by atoms with Gasteiger partial charge in [0, 0.05) is 25.6 Å². The third-order valence-electron chi connectivity index (χ3n) is 3.40. The van der Waals surface area contributed by atoms with Crippen molar-refractivity contribution in [2.75, 3.05) is 20.7 Å². The summed E-state index contributed by atoms with van der Waals surface area (Å²) in [5.41, 5.74) is 0. The zero-order valence-corrected chi connectivity index (χ0v) is 7.42. The van der Waals surface area contributed by atoms with Crippen LogP contribution < -0.4 is 0 Å². The molecular weight excluding hydrogens is 138 g/mol. The summed E-state index contributed by atoms with van der Waals surface area (Å²) in [6.07, 6.45) is 4.56. The van der Waals surface area contributed by atoms with Crippen LogP contribution in [-0.4, -0.2) is 37.7 Å². The lowest BCUT2D eigenvalue weighted by Crippen LogP contribution is -2.55. The number of likely N-dealkylation sites (tertiary alicyclic amines) is 1. The minimum atomic E-state index is 0.560. The molecule has 0 radical (unpaired) electrons. The second-order valence-electron chi connectivity index (χ2n) is 3.85. The molecule has 0 bridgehead atoms. The van der Waals surface area contributed by atoms with Crippen molar-refractivity contribution in [3.8, 4) is 0 Å². The Kier molecular flexibility index (Phi) is 1.90. The van der Waals surface area contributed by atoms with E-state index in [-0.39, 0.29) is 0 Å². The Balaban J connectivity index is 1.99. The van der Waals surface area contributed by atoms with Crippen LogP contribution in [0, 0.1) is 5.92 Å². The van der Waals surface area contributed by atoms with Crippen molar-refractivity contribution in [2.45, 2.75) is 31.4 Å². The van der Waals surface area contributed by atoms with Gasteiger partial charge in [-0.3, -0.25) is 0 Å². The van der Waals surface area contributed by atoms with Gasteiger partial charge in [-0.2, -0.15) is 0 Å². The molecular formula is C9H17NO. The van der Waals surface area contributed by atoms with Crippen molar-refractivity contribution in [3.05, 3.63) is 0 Å². The van der Waals surface area contributed by atoms with E-state index in [0.717, 1.165) is 12.0 Å². The summed E-state index contributed by atoms with van der Waals surface area (Å²) in [7, 11) is 4.09. The van der Waals surface area contributed by atoms with Crippen LogP contribution in [0.25, 0.3) is 0 Å². The molecule has 0 aromatic heterocycles. The lowest BCUT2D eigenvalue weighted by atomic mass is 9.72. The molecule has 2 rings (SSSR count). The molecule has 11 heavy (non-hydrogen) atoms. The summed E-state index contributed by atoms with van der Waals surface area (Å²) in [5.74, 6) is 0.846. The van der Waals surface area contributed by atoms with Crippen molar-refractivity contribution in [1.29, 1.82) is 0 Å². The van der Waals surface area contributed by atoms with Crippen molar-refractivity contribution < 1.29 is 4.74 Å². The van der Waals surface area contributed by atoms with E-state index in [2.05, 4.69) is 11.9 Å². The number of ether oxygens (including phenoxy) is 1. The maximum absolute atomic E-state index is 5.45. The summed E-state index contributed by atoms with van der Waals surface area (Å²) < 4.78 is 5.45. The maximum atomic E-state index is 5.45. The van der Waals surface area contributed by atoms with Crippen molar-refractivity contribution in [2.24, 2.45) is 5.92 Å². The molecule has 3 atom stereocenters. The topological polar surface area (TPSA) is 12.5 Å². The molecule has 1 saturated heterocycles. The Bertz CT molecular complexity index is 144. The zero-order valence-electron chi connectivity index (χ0n) is 7.42. The first kappa shape index (κ1) is 7.56. The van der Waals surface area contributed by atoms with E-state index in [9.17, 15) is 0 Å². The molecule has 1 aliphatic heterocycles. The number of nitrogens with zero attached hydrogens (tertiary/aromatic N) is 1. The monoisotopic (exact) mass is 155 g/mol. The summed E-state index contributed by atoms with van der Waals surface area (Å²) in [5, 5.41) is 0. The first-order chi connectivity index (χ1) is 5.33. The lowest BCUT2D eigenvalue weighted by molar-refractivity contribution is -0.0771. The quantitative estimate of drug-likeness (QED) is 0.562. The molecule has 0 N–H and O–H groups in total. The number of piperidine rings is 1. The zero-order chi connectivity index (χ0) is 7.84. The van der Waals surface area contributed by atoms with E-state index in [4.69, 9.17) is 4.74 Å². The highest BCUT2D eigenvalue weighted by Gasteiger charge is 2.42. The molecule has 1 unspecified atom stereocenters. The molecule has 2 aliphatic rings. The molecule has 2 heteroatoms. The molecule has 2 fully saturated rings. The number of hydrogen-bond donors (Lipinski definition) is 0. The number of methoxy groups -OCH3 is 1. The van der Waals surface area contributed by atoms with Crippen LogP contribution >= 0.6 is 0 Å². The largest absolute Gasteiger partial charge is 0.381 e. The van der Waals surface area contributed by atoms with Crippen LogP contribution in [0.2, 0.25) is 0 Å². The van der Waals surface area contributed by atoms with E-state index < -0.39 is 0 Å². The lowest BCUT2D eigenvalue weighted by Gasteiger charge is -2.50. The average Bonchev–Trinajstić information content (AvgIpc) is 1.93. The number of rotatable bonds is 1. The summed E-state index contributed by atoms with van der Waals surface area (Å²) in [4.78, 5) is 2.49. The highest BCUT2D eigenvalue weighted by atomic mass is 16.5. The first-order valence-electron chi connectivity index (χ1n) is 4.56. The van der Waals surface area contributed by atoms with Gasteiger partial charge >= 0.3 is 0 Å². The Hall–Kier alpha value is -0.0800. The van der Waals surface area contributed by atoms with Gasteiger partial charge in [-0.25, -0.2) is 0 Å². The number of fused-ring (bicyclic) bond motifs is 1. The highest BCUT2D eigenvalue weighted by Crippen LogP contribution is 2.39. The highest BCUT2D eigenvalue weighted by molar-refractivity contribution is 4.96. The maximum Gasteiger partial charge on any atom is 0.0626 e. The van der Waals surface area contributed by atoms with Gasteiger partial charge in [0.1, 0.15) is 0 Å². The van der Waals surface area contributed by atoms with Gasteiger partial charge in [0.15, 0.2) is 0 Å². The van der Waals surface area contributed by atoms with E-state index in [1.807, 2.05) is 7.11 Å². The smallest absolute Gasteiger partial charge is 0.0626 e. The fourth-order valence-corrected chi connectivity index (χ4v) is 2.49. The molecule has 1 saturated carbocycles. The molecule has 1 heterocycles. The van der Waals surface area contributed by atoms with Gasteiger partial charge in [0.05, 0.1) is 6.10 Å². The van der Waals surface area contributed by atoms with E-state index in [0.29, 0.717) is 6.10 Å². The van der Waals surface area contributed by atoms with Crippen LogP contribution in [0.4, 0.5) is 0 Å². The standard InChI is InChI=1S/C9H17NO/c1-10-6-5-9(11-2)7-3-4-8(7)10/h7-9H,3-6H2,1-2H3/t7-,8+,9?/m0/s1. The van der Waals surface area contributed by atoms with E-state index in [1.54, 1.807) is 0 Å². The van der Waals surface area contributed by atoms with Crippen LogP contribution in [-0.2, 0) is 4.74 Å². The predicted octanol–water partition coefficient (Wildman–Crippen LogP) is 1.12. The fraction of sp³-hybridized carbons (Fsp3) is 1.00. The SMILES string of the molecule is COC1CCN(C)[C@@H]2CC[C@H]12. The van der Waals surface area contributed by atoms with Crippen LogP contribution in [0.1, 0.15) is 19.3 Å². The Morgan fingerprint density at radius 2 is 2.09 bits per heavy atom. The second kappa shape index (κ2) is 2.76. The van der Waals surface area contributed by atoms with E-state index >= 15 is 0 Å². The molecule has 1 aliphatic carbocycles. The van der Waals surface area contributed by atoms with Gasteiger partial charge in [-0.05, 0) is 26.3 Å². The second-order valence-corrected chi connectivity index (χ2v) is 3.85. The Morgan fingerprint density at radius 3 is 2.64 bits per heavy atom. The van der Waals surface area contributed by atoms with Gasteiger partial charge in [0.25, 0.3) is 0 Å². The van der Waals surface area contributed by atoms with Crippen molar-refractivity contribution >= 4 is 0 Å². The normalized spacial score (nSPS) is 44.7. The van der Waals surface area contributed by atoms with Gasteiger partial charge < -0.3 is 9.64 Å². The van der Waals surface area contributed by atoms with Gasteiger partial charge in [-0.15, -0.1) is 0 Å². The Labute approximate surface area is 68.5 Å². The van der Waals surface area contributed by atoms with E-state index in [1.165, 1.54) is 25.8 Å². The molecule has 0 spiro atoms. The summed E-state index contributed by atoms with van der Waals surface area (Å²) in [6, 6.07) is 0.841. The molecule has 0 amide bonds. The minimum Gasteiger partial charge on any atom is -0.381 e. The molecule has 64 valence electrons. The van der Waals surface area contributed by atoms with Crippen LogP contribution in [0.3, 0.4) is 0 Å². The predicted molar refractivity (Wildman–Crippen MR) is 44.6 cm³/mol. The summed E-state index contributed by atoms with van der Waals surface area (Å²) in [6.45, 7) is 1.22. The van der Waals surface area contributed by atoms with Crippen LogP contribution in [0.5, 0.6) is 0 Å². The van der Waals surface area contributed by atoms with Crippen LogP contribution in [0.15, 0.2) is 0 Å². The minimum absolute atomic E-state index is 0.560. The fourth-order valence-electron chi connectivity index (χ4n) is 2.49. The van der Waals surface area contributed by atoms with Crippen molar-refractivity contribution in [1.82, 2.24) is 4.90 Å². The first-order valence-corrected chi connectivity index (χ1v) is 4.56. The Morgan fingerprint density at radius 1 is 1.27 bits per heavy atom. The third-order valence-corrected chi connectivity index (χ3v) is 3.40. The molecule has 0 aromatic carbocycles. The van der Waals surface area contributed by atoms with Gasteiger partial charge in [0.2, 0.25) is 0 Å². The molecule has 2 nitrogen and oxygen atoms in total. The number of hydrogen-bond acceptors (Lipinski definition) is 2. The molecule has 0 aromatic rings. The summed E-state index contributed by atoms with van der Waals surface area (Å²) >= 11 is 0. The third kappa shape index (κ3) is 1.09. The van der Waals surface area contributed by atoms with Crippen molar-refractivity contribution in [3.63, 3.8) is 0 Å². The average molecular weight is 155 g/mol.